The molecule has 1 amide bonds. The highest BCUT2D eigenvalue weighted by atomic mass is 16.5. The maximum atomic E-state index is 12.3. The lowest BCUT2D eigenvalue weighted by Gasteiger charge is -2.29. The second-order valence-electron chi connectivity index (χ2n) is 5.72. The molecule has 0 saturated carbocycles. The first-order valence-corrected chi connectivity index (χ1v) is 8.15. The topological polar surface area (TPSA) is 72.9 Å². The minimum atomic E-state index is -0.731. The second kappa shape index (κ2) is 8.47. The highest BCUT2D eigenvalue weighted by Crippen LogP contribution is 2.18. The lowest BCUT2D eigenvalue weighted by molar-refractivity contribution is -0.154. The van der Waals surface area contributed by atoms with Gasteiger partial charge in [0.05, 0.1) is 20.3 Å². The fraction of sp³-hybridized carbons (Fsp3) is 0.500. The van der Waals surface area contributed by atoms with E-state index in [-0.39, 0.29) is 18.2 Å². The average Bonchev–Trinajstić information content (AvgIpc) is 2.60. The van der Waals surface area contributed by atoms with E-state index in [2.05, 4.69) is 4.74 Å². The summed E-state index contributed by atoms with van der Waals surface area (Å²) in [5.74, 6) is -0.752. The van der Waals surface area contributed by atoms with Crippen molar-refractivity contribution in [1.82, 2.24) is 4.90 Å². The van der Waals surface area contributed by atoms with Gasteiger partial charge in [0.1, 0.15) is 11.7 Å². The van der Waals surface area contributed by atoms with Gasteiger partial charge in [0, 0.05) is 13.0 Å². The number of benzene rings is 1. The monoisotopic (exact) mass is 333 g/mol. The van der Waals surface area contributed by atoms with Crippen LogP contribution in [0.4, 0.5) is 0 Å². The average molecular weight is 333 g/mol. The van der Waals surface area contributed by atoms with Gasteiger partial charge in [0.15, 0.2) is 5.78 Å². The van der Waals surface area contributed by atoms with E-state index >= 15 is 0 Å². The number of amides is 1. The Bertz CT molecular complexity index is 596. The first kappa shape index (κ1) is 18.0. The van der Waals surface area contributed by atoms with E-state index in [1.807, 2.05) is 31.2 Å². The van der Waals surface area contributed by atoms with Crippen LogP contribution in [-0.2, 0) is 25.5 Å². The zero-order chi connectivity index (χ0) is 17.5. The van der Waals surface area contributed by atoms with Gasteiger partial charge in [0.25, 0.3) is 0 Å². The zero-order valence-corrected chi connectivity index (χ0v) is 14.1. The van der Waals surface area contributed by atoms with Crippen LogP contribution in [0, 0.1) is 5.92 Å². The van der Waals surface area contributed by atoms with E-state index in [4.69, 9.17) is 4.74 Å². The lowest BCUT2D eigenvalue weighted by atomic mass is 9.95. The molecule has 0 aromatic heterocycles. The van der Waals surface area contributed by atoms with Gasteiger partial charge >= 0.3 is 5.97 Å². The number of nitrogens with zero attached hydrogens (tertiary/aromatic N) is 1. The molecule has 0 radical (unpaired) electrons. The smallest absolute Gasteiger partial charge is 0.316 e. The summed E-state index contributed by atoms with van der Waals surface area (Å²) in [6.07, 6.45) is 1.28. The molecule has 1 aromatic carbocycles. The molecule has 1 saturated heterocycles. The van der Waals surface area contributed by atoms with Crippen LogP contribution in [0.15, 0.2) is 24.3 Å². The van der Waals surface area contributed by atoms with Gasteiger partial charge in [-0.2, -0.15) is 0 Å². The molecule has 0 spiro atoms. The van der Waals surface area contributed by atoms with Crippen molar-refractivity contribution in [2.75, 3.05) is 26.8 Å². The number of methoxy groups -OCH3 is 1. The van der Waals surface area contributed by atoms with Crippen LogP contribution in [0.3, 0.4) is 0 Å². The fourth-order valence-electron chi connectivity index (χ4n) is 2.76. The molecule has 0 bridgehead atoms. The van der Waals surface area contributed by atoms with Crippen molar-refractivity contribution in [3.05, 3.63) is 29.8 Å². The molecule has 6 heteroatoms. The number of rotatable bonds is 6. The largest absolute Gasteiger partial charge is 0.494 e. The quantitative estimate of drug-likeness (QED) is 0.584. The maximum Gasteiger partial charge on any atom is 0.316 e. The summed E-state index contributed by atoms with van der Waals surface area (Å²) in [4.78, 5) is 37.2. The third kappa shape index (κ3) is 4.57. The van der Waals surface area contributed by atoms with Crippen LogP contribution in [-0.4, -0.2) is 49.4 Å². The Hall–Kier alpha value is -2.37. The highest BCUT2D eigenvalue weighted by Gasteiger charge is 2.34. The van der Waals surface area contributed by atoms with Crippen molar-refractivity contribution in [2.24, 2.45) is 5.92 Å². The minimum Gasteiger partial charge on any atom is -0.494 e. The molecule has 1 aliphatic heterocycles. The maximum absolute atomic E-state index is 12.3. The SMILES string of the molecule is CCOc1ccc(CCC(=O)N2CCC(C(=O)OC)C(=O)C2)cc1. The van der Waals surface area contributed by atoms with Crippen molar-refractivity contribution in [2.45, 2.75) is 26.2 Å². The van der Waals surface area contributed by atoms with Gasteiger partial charge in [-0.05, 0) is 37.5 Å². The van der Waals surface area contributed by atoms with Gasteiger partial charge in [-0.25, -0.2) is 0 Å². The van der Waals surface area contributed by atoms with Crippen molar-refractivity contribution < 1.29 is 23.9 Å². The predicted molar refractivity (Wildman–Crippen MR) is 87.6 cm³/mol. The second-order valence-corrected chi connectivity index (χ2v) is 5.72. The Kier molecular flexibility index (Phi) is 6.35. The van der Waals surface area contributed by atoms with Gasteiger partial charge in [-0.3, -0.25) is 14.4 Å². The van der Waals surface area contributed by atoms with Crippen LogP contribution >= 0.6 is 0 Å². The number of likely N-dealkylation sites (tertiary alicyclic amines) is 1. The van der Waals surface area contributed by atoms with Crippen molar-refractivity contribution in [3.8, 4) is 5.75 Å². The first-order chi connectivity index (χ1) is 11.5. The summed E-state index contributed by atoms with van der Waals surface area (Å²) >= 11 is 0. The number of piperidine rings is 1. The van der Waals surface area contributed by atoms with E-state index in [9.17, 15) is 14.4 Å². The normalized spacial score (nSPS) is 17.5. The van der Waals surface area contributed by atoms with Gasteiger partial charge < -0.3 is 14.4 Å². The Balaban J connectivity index is 1.83. The number of aryl methyl sites for hydroxylation is 1. The van der Waals surface area contributed by atoms with E-state index in [1.165, 1.54) is 12.0 Å². The standard InChI is InChI=1S/C18H23NO5/c1-3-24-14-7-4-13(5-8-14)6-9-17(21)19-11-10-15(16(20)12-19)18(22)23-2/h4-5,7-8,15H,3,6,9-12H2,1-2H3. The van der Waals surface area contributed by atoms with E-state index in [0.717, 1.165) is 11.3 Å². The Morgan fingerprint density at radius 3 is 2.54 bits per heavy atom. The summed E-state index contributed by atoms with van der Waals surface area (Å²) in [7, 11) is 1.27. The summed E-state index contributed by atoms with van der Waals surface area (Å²) in [6.45, 7) is 2.94. The number of ketones is 1. The zero-order valence-electron chi connectivity index (χ0n) is 14.1. The van der Waals surface area contributed by atoms with Crippen molar-refractivity contribution in [3.63, 3.8) is 0 Å². The molecule has 1 aliphatic rings. The number of carbonyl (C=O) groups excluding carboxylic acids is 3. The summed E-state index contributed by atoms with van der Waals surface area (Å²) in [6, 6.07) is 7.64. The minimum absolute atomic E-state index is 0.0120. The molecule has 1 atom stereocenters. The molecule has 2 rings (SSSR count). The third-order valence-corrected chi connectivity index (χ3v) is 4.12. The Morgan fingerprint density at radius 2 is 1.96 bits per heavy atom. The number of carbonyl (C=O) groups is 3. The Labute approximate surface area is 141 Å². The van der Waals surface area contributed by atoms with Gasteiger partial charge in [-0.1, -0.05) is 12.1 Å². The van der Waals surface area contributed by atoms with Gasteiger partial charge in [0.2, 0.25) is 5.91 Å². The first-order valence-electron chi connectivity index (χ1n) is 8.15. The van der Waals surface area contributed by atoms with Crippen LogP contribution < -0.4 is 4.74 Å². The molecule has 0 aliphatic carbocycles. The lowest BCUT2D eigenvalue weighted by Crippen LogP contribution is -2.46. The van der Waals surface area contributed by atoms with Crippen LogP contribution in [0.5, 0.6) is 5.75 Å². The van der Waals surface area contributed by atoms with Crippen LogP contribution in [0.2, 0.25) is 0 Å². The molecule has 24 heavy (non-hydrogen) atoms. The molecule has 6 nitrogen and oxygen atoms in total. The molecule has 1 unspecified atom stereocenters. The van der Waals surface area contributed by atoms with E-state index in [0.29, 0.717) is 32.4 Å². The van der Waals surface area contributed by atoms with Crippen LogP contribution in [0.25, 0.3) is 0 Å². The van der Waals surface area contributed by atoms with E-state index in [1.54, 1.807) is 0 Å². The number of hydrogen-bond acceptors (Lipinski definition) is 5. The highest BCUT2D eigenvalue weighted by molar-refractivity contribution is 6.01. The summed E-state index contributed by atoms with van der Waals surface area (Å²) in [5, 5.41) is 0. The molecule has 130 valence electrons. The number of esters is 1. The number of ether oxygens (including phenoxy) is 2. The van der Waals surface area contributed by atoms with E-state index < -0.39 is 11.9 Å². The van der Waals surface area contributed by atoms with Crippen molar-refractivity contribution in [1.29, 1.82) is 0 Å². The molecule has 1 fully saturated rings. The molecule has 1 aromatic rings. The Morgan fingerprint density at radius 1 is 1.25 bits per heavy atom. The fourth-order valence-corrected chi connectivity index (χ4v) is 2.76. The van der Waals surface area contributed by atoms with Gasteiger partial charge in [-0.15, -0.1) is 0 Å². The summed E-state index contributed by atoms with van der Waals surface area (Å²) < 4.78 is 10.00. The van der Waals surface area contributed by atoms with Crippen LogP contribution in [0.1, 0.15) is 25.3 Å². The predicted octanol–water partition coefficient (Wildman–Crippen LogP) is 1.61. The number of Topliss-reactive ketones (excluding diaryl/α,β-unsaturated/α-hetero) is 1. The summed E-state index contributed by atoms with van der Waals surface area (Å²) in [5.41, 5.74) is 1.04. The molecule has 1 heterocycles. The molecular weight excluding hydrogens is 310 g/mol. The molecular formula is C18H23NO5. The van der Waals surface area contributed by atoms with Crippen molar-refractivity contribution >= 4 is 17.7 Å². The third-order valence-electron chi connectivity index (χ3n) is 4.12. The number of hydrogen-bond donors (Lipinski definition) is 0. The molecule has 0 N–H and O–H groups in total.